The molecule has 0 aliphatic carbocycles. The smallest absolute Gasteiger partial charge is 0.413 e. The highest BCUT2D eigenvalue weighted by atomic mass is 32.2. The maximum atomic E-state index is 14.9. The number of ether oxygens (including phenoxy) is 2. The largest absolute Gasteiger partial charge is 0.448 e. The second-order valence-corrected chi connectivity index (χ2v) is 21.3. The third-order valence-electron chi connectivity index (χ3n) is 11.1. The molecule has 9 rings (SSSR count). The van der Waals surface area contributed by atoms with Gasteiger partial charge in [0.15, 0.2) is 16.9 Å². The Kier molecular flexibility index (Phi) is 15.0. The molecule has 2 aliphatic rings. The number of oxime groups is 1. The van der Waals surface area contributed by atoms with Crippen molar-refractivity contribution >= 4 is 81.3 Å². The molecule has 15 nitrogen and oxygen atoms in total. The Morgan fingerprint density at radius 1 is 0.817 bits per heavy atom. The van der Waals surface area contributed by atoms with E-state index in [1.54, 1.807) is 32.3 Å². The first kappa shape index (κ1) is 48.8. The average Bonchev–Trinajstić information content (AvgIpc) is 4.09. The first-order valence-electron chi connectivity index (χ1n) is 22.3. The lowest BCUT2D eigenvalue weighted by Gasteiger charge is -2.49. The summed E-state index contributed by atoms with van der Waals surface area (Å²) >= 11 is 5.28. The molecule has 0 spiro atoms. The highest BCUT2D eigenvalue weighted by Crippen LogP contribution is 2.46. The van der Waals surface area contributed by atoms with E-state index in [2.05, 4.69) is 36.2 Å². The van der Waals surface area contributed by atoms with E-state index in [4.69, 9.17) is 14.3 Å². The predicted octanol–water partition coefficient (Wildman–Crippen LogP) is 9.75. The molecule has 1 fully saturated rings. The Bertz CT molecular complexity index is 2890. The molecule has 0 saturated carbocycles. The Hall–Kier alpha value is -7.19. The minimum atomic E-state index is -1.39. The van der Waals surface area contributed by atoms with Gasteiger partial charge in [-0.3, -0.25) is 24.9 Å². The summed E-state index contributed by atoms with van der Waals surface area (Å²) in [5.74, 6) is -1.67. The van der Waals surface area contributed by atoms with Crippen molar-refractivity contribution in [1.82, 2.24) is 30.6 Å². The molecule has 2 aromatic heterocycles. The molecular formula is C52H46N8O7S4. The van der Waals surface area contributed by atoms with Crippen molar-refractivity contribution in [2.45, 2.75) is 54.5 Å². The number of nitrogens with zero attached hydrogens (tertiary/aromatic N) is 5. The van der Waals surface area contributed by atoms with Gasteiger partial charge >= 0.3 is 12.1 Å². The van der Waals surface area contributed by atoms with Gasteiger partial charge in [-0.05, 0) is 31.9 Å². The standard InChI is InChI=1S/C52H46N8O7S4/c1-51(2,3)66-50(64)56-49-54-38(30-69-49)41(58-67-52(35-23-13-6-14-24-35,36-25-15-7-16-26-36)37-27-17-8-18-28-37)45(61)55-42-46(62)60-43(39(31-68-47(42)60)70-32-71-40-29-53-59-57-40)48(63)65-44(33-19-9-4-10-20-33)34-21-11-5-12-22-34/h4-30,42,44,47H,31-32H2,1-3H3,(H,55,61)(H,53,57,59)(H,54,56,64)/b58-41-/t42-,47-/m1/s1. The summed E-state index contributed by atoms with van der Waals surface area (Å²) in [6.45, 7) is 5.22. The SMILES string of the molecule is CC(C)(C)OC(=O)Nc1nc(/C(=N/OC(c2ccccc2)(c2ccccc2)c2ccccc2)C(=O)N[C@@H]2C(=O)N3C(C(=O)OC(c4ccccc4)c4ccccc4)=C(SCSc4c[nH]nn4)CS[C@H]23)cs1. The summed E-state index contributed by atoms with van der Waals surface area (Å²) in [6, 6.07) is 46.2. The van der Waals surface area contributed by atoms with Crippen LogP contribution < -0.4 is 10.6 Å². The van der Waals surface area contributed by atoms with Crippen molar-refractivity contribution in [3.05, 3.63) is 207 Å². The third kappa shape index (κ3) is 11.1. The molecule has 3 amide bonds. The van der Waals surface area contributed by atoms with Crippen molar-refractivity contribution in [1.29, 1.82) is 0 Å². The van der Waals surface area contributed by atoms with Gasteiger partial charge in [0.25, 0.3) is 11.8 Å². The van der Waals surface area contributed by atoms with Crippen LogP contribution in [0.5, 0.6) is 0 Å². The zero-order valence-electron chi connectivity index (χ0n) is 38.5. The van der Waals surface area contributed by atoms with Crippen molar-refractivity contribution in [2.24, 2.45) is 5.16 Å². The monoisotopic (exact) mass is 1020 g/mol. The number of nitrogens with one attached hydrogen (secondary N) is 3. The number of fused-ring (bicyclic) bond motifs is 1. The molecule has 1 saturated heterocycles. The summed E-state index contributed by atoms with van der Waals surface area (Å²) in [4.78, 5) is 70.5. The van der Waals surface area contributed by atoms with Crippen LogP contribution in [0.4, 0.5) is 9.93 Å². The number of carbonyl (C=O) groups excluding carboxylic acids is 4. The number of H-pyrrole nitrogens is 1. The van der Waals surface area contributed by atoms with Crippen LogP contribution in [0.15, 0.2) is 184 Å². The minimum Gasteiger partial charge on any atom is -0.448 e. The molecule has 2 atom stereocenters. The van der Waals surface area contributed by atoms with E-state index < -0.39 is 52.6 Å². The predicted molar refractivity (Wildman–Crippen MR) is 276 cm³/mol. The number of esters is 1. The number of benzene rings is 5. The number of rotatable bonds is 17. The van der Waals surface area contributed by atoms with Crippen LogP contribution in [0.25, 0.3) is 0 Å². The first-order chi connectivity index (χ1) is 34.5. The maximum Gasteiger partial charge on any atom is 0.413 e. The first-order valence-corrected chi connectivity index (χ1v) is 26.2. The van der Waals surface area contributed by atoms with Crippen LogP contribution in [-0.2, 0) is 34.3 Å². The summed E-state index contributed by atoms with van der Waals surface area (Å²) in [5, 5.41) is 22.9. The average molecular weight is 1020 g/mol. The van der Waals surface area contributed by atoms with Gasteiger partial charge in [0.1, 0.15) is 33.4 Å². The number of β-lactam (4-membered cyclic amide) rings is 1. The fraction of sp³-hybridized carbons (Fsp3) is 0.192. The lowest BCUT2D eigenvalue weighted by atomic mass is 9.80. The number of hydrogen-bond acceptors (Lipinski definition) is 15. The Morgan fingerprint density at radius 3 is 1.92 bits per heavy atom. The molecule has 3 N–H and O–H groups in total. The number of aromatic nitrogens is 4. The van der Waals surface area contributed by atoms with Crippen molar-refractivity contribution in [3.8, 4) is 0 Å². The van der Waals surface area contributed by atoms with Crippen LogP contribution in [0.3, 0.4) is 0 Å². The van der Waals surface area contributed by atoms with Gasteiger partial charge in [0.2, 0.25) is 5.60 Å². The number of thiazole rings is 1. The van der Waals surface area contributed by atoms with Gasteiger partial charge in [-0.2, -0.15) is 0 Å². The zero-order valence-corrected chi connectivity index (χ0v) is 41.7. The molecule has 4 heterocycles. The van der Waals surface area contributed by atoms with E-state index in [-0.39, 0.29) is 22.2 Å². The topological polar surface area (TPSA) is 190 Å². The number of carbonyl (C=O) groups is 4. The van der Waals surface area contributed by atoms with E-state index in [1.165, 1.54) is 40.2 Å². The molecule has 0 unspecified atom stereocenters. The summed E-state index contributed by atoms with van der Waals surface area (Å²) < 4.78 is 11.8. The quantitative estimate of drug-likeness (QED) is 0.0149. The number of anilines is 1. The molecule has 7 aromatic rings. The van der Waals surface area contributed by atoms with E-state index in [9.17, 15) is 19.2 Å². The Labute approximate surface area is 426 Å². The highest BCUT2D eigenvalue weighted by molar-refractivity contribution is 8.18. The van der Waals surface area contributed by atoms with E-state index >= 15 is 0 Å². The lowest BCUT2D eigenvalue weighted by molar-refractivity contribution is -0.154. The van der Waals surface area contributed by atoms with Gasteiger partial charge in [-0.25, -0.2) is 14.6 Å². The summed E-state index contributed by atoms with van der Waals surface area (Å²) in [6.07, 6.45) is 0.155. The fourth-order valence-electron chi connectivity index (χ4n) is 7.90. The van der Waals surface area contributed by atoms with E-state index in [1.807, 2.05) is 152 Å². The molecule has 360 valence electrons. The minimum absolute atomic E-state index is 0.0573. The van der Waals surface area contributed by atoms with Crippen molar-refractivity contribution in [3.63, 3.8) is 0 Å². The molecule has 2 aliphatic heterocycles. The highest BCUT2D eigenvalue weighted by Gasteiger charge is 2.55. The molecule has 0 bridgehead atoms. The Morgan fingerprint density at radius 2 is 1.38 bits per heavy atom. The number of hydrogen-bond donors (Lipinski definition) is 3. The number of amides is 3. The maximum absolute atomic E-state index is 14.9. The molecule has 0 radical (unpaired) electrons. The summed E-state index contributed by atoms with van der Waals surface area (Å²) in [5.41, 5.74) is 1.37. The lowest BCUT2D eigenvalue weighted by Crippen LogP contribution is -2.71. The second-order valence-electron chi connectivity index (χ2n) is 16.9. The molecule has 19 heteroatoms. The van der Waals surface area contributed by atoms with Crippen LogP contribution in [0, 0.1) is 0 Å². The van der Waals surface area contributed by atoms with Crippen LogP contribution in [0.2, 0.25) is 0 Å². The zero-order chi connectivity index (χ0) is 49.4. The van der Waals surface area contributed by atoms with Crippen LogP contribution >= 0.6 is 46.6 Å². The molecular weight excluding hydrogens is 977 g/mol. The van der Waals surface area contributed by atoms with Crippen LogP contribution in [0.1, 0.15) is 60.4 Å². The molecule has 71 heavy (non-hydrogen) atoms. The van der Waals surface area contributed by atoms with Gasteiger partial charge in [-0.1, -0.05) is 174 Å². The normalized spacial score (nSPS) is 15.9. The van der Waals surface area contributed by atoms with E-state index in [0.717, 1.165) is 39.2 Å². The van der Waals surface area contributed by atoms with E-state index in [0.29, 0.717) is 20.8 Å². The summed E-state index contributed by atoms with van der Waals surface area (Å²) in [7, 11) is 0. The van der Waals surface area contributed by atoms with Gasteiger partial charge in [0, 0.05) is 32.7 Å². The van der Waals surface area contributed by atoms with Gasteiger partial charge in [0.05, 0.1) is 11.3 Å². The fourth-order valence-corrected chi connectivity index (χ4v) is 12.2. The van der Waals surface area contributed by atoms with Gasteiger partial charge < -0.3 is 19.6 Å². The Balaban J connectivity index is 1.05. The second kappa shape index (κ2) is 21.8. The van der Waals surface area contributed by atoms with Crippen molar-refractivity contribution in [2.75, 3.05) is 16.2 Å². The van der Waals surface area contributed by atoms with Crippen molar-refractivity contribution < 1.29 is 33.5 Å². The van der Waals surface area contributed by atoms with Gasteiger partial charge in [-0.15, -0.1) is 40.0 Å². The molecule has 5 aromatic carbocycles. The number of thioether (sulfide) groups is 3. The third-order valence-corrected chi connectivity index (χ3v) is 15.4. The van der Waals surface area contributed by atoms with Crippen LogP contribution in [-0.4, -0.2) is 82.7 Å². The number of aromatic amines is 1.